The summed E-state index contributed by atoms with van der Waals surface area (Å²) < 4.78 is 0. The number of rotatable bonds is 6. The van der Waals surface area contributed by atoms with Gasteiger partial charge in [0.25, 0.3) is 0 Å². The largest absolute Gasteiger partial charge is 0.393 e. The normalized spacial score (nSPS) is 26.6. The first-order chi connectivity index (χ1) is 7.63. The van der Waals surface area contributed by atoms with Gasteiger partial charge in [-0.1, -0.05) is 6.92 Å². The molecular formula is C13H28N2O. The molecule has 0 aromatic rings. The molecule has 1 fully saturated rings. The lowest BCUT2D eigenvalue weighted by molar-refractivity contribution is 0.0627. The van der Waals surface area contributed by atoms with Crippen molar-refractivity contribution in [2.45, 2.75) is 51.2 Å². The first kappa shape index (κ1) is 13.9. The fourth-order valence-corrected chi connectivity index (χ4v) is 2.66. The fraction of sp³-hybridized carbons (Fsp3) is 1.00. The second-order valence-electron chi connectivity index (χ2n) is 5.26. The Labute approximate surface area is 100 Å². The predicted molar refractivity (Wildman–Crippen MR) is 68.7 cm³/mol. The van der Waals surface area contributed by atoms with Crippen LogP contribution in [0, 0.1) is 0 Å². The second-order valence-corrected chi connectivity index (χ2v) is 5.26. The summed E-state index contributed by atoms with van der Waals surface area (Å²) in [6.45, 7) is 5.68. The van der Waals surface area contributed by atoms with Gasteiger partial charge in [-0.15, -0.1) is 0 Å². The first-order valence-electron chi connectivity index (χ1n) is 6.70. The van der Waals surface area contributed by atoms with Crippen molar-refractivity contribution < 1.29 is 5.11 Å². The summed E-state index contributed by atoms with van der Waals surface area (Å²) in [5.41, 5.74) is 0. The van der Waals surface area contributed by atoms with Crippen molar-refractivity contribution in [3.63, 3.8) is 0 Å². The monoisotopic (exact) mass is 228 g/mol. The second kappa shape index (κ2) is 7.25. The molecule has 0 heterocycles. The Balaban J connectivity index is 2.28. The van der Waals surface area contributed by atoms with Gasteiger partial charge in [0.05, 0.1) is 6.10 Å². The number of hydrogen-bond acceptors (Lipinski definition) is 3. The molecule has 0 saturated heterocycles. The van der Waals surface area contributed by atoms with Crippen LogP contribution >= 0.6 is 0 Å². The molecule has 16 heavy (non-hydrogen) atoms. The Hall–Kier alpha value is -0.120. The molecule has 3 nitrogen and oxygen atoms in total. The third-order valence-electron chi connectivity index (χ3n) is 3.59. The molecule has 3 heteroatoms. The highest BCUT2D eigenvalue weighted by molar-refractivity contribution is 4.79. The summed E-state index contributed by atoms with van der Waals surface area (Å²) in [7, 11) is 4.25. The van der Waals surface area contributed by atoms with Crippen molar-refractivity contribution in [2.75, 3.05) is 33.7 Å². The van der Waals surface area contributed by atoms with Crippen LogP contribution in [0.3, 0.4) is 0 Å². The van der Waals surface area contributed by atoms with E-state index in [2.05, 4.69) is 30.8 Å². The molecule has 1 aliphatic rings. The van der Waals surface area contributed by atoms with Crippen LogP contribution in [0.25, 0.3) is 0 Å². The topological polar surface area (TPSA) is 26.7 Å². The Morgan fingerprint density at radius 3 is 2.50 bits per heavy atom. The van der Waals surface area contributed by atoms with Gasteiger partial charge in [-0.2, -0.15) is 0 Å². The van der Waals surface area contributed by atoms with Crippen molar-refractivity contribution in [3.8, 4) is 0 Å². The number of aliphatic hydroxyl groups is 1. The van der Waals surface area contributed by atoms with E-state index in [4.69, 9.17) is 0 Å². The van der Waals surface area contributed by atoms with Crippen LogP contribution in [0.1, 0.15) is 39.0 Å². The summed E-state index contributed by atoms with van der Waals surface area (Å²) in [5, 5.41) is 9.70. The van der Waals surface area contributed by atoms with Crippen LogP contribution in [0.15, 0.2) is 0 Å². The van der Waals surface area contributed by atoms with Gasteiger partial charge in [0.1, 0.15) is 0 Å². The van der Waals surface area contributed by atoms with Gasteiger partial charge in [-0.3, -0.25) is 0 Å². The maximum atomic E-state index is 9.70. The number of aliphatic hydroxyl groups excluding tert-OH is 1. The summed E-state index contributed by atoms with van der Waals surface area (Å²) in [5.74, 6) is 0. The van der Waals surface area contributed by atoms with Crippen LogP contribution in [0.4, 0.5) is 0 Å². The van der Waals surface area contributed by atoms with Gasteiger partial charge in [0, 0.05) is 6.04 Å². The summed E-state index contributed by atoms with van der Waals surface area (Å²) >= 11 is 0. The molecule has 2 atom stereocenters. The Bertz CT molecular complexity index is 185. The lowest BCUT2D eigenvalue weighted by Crippen LogP contribution is -2.41. The van der Waals surface area contributed by atoms with E-state index in [9.17, 15) is 5.11 Å². The van der Waals surface area contributed by atoms with Crippen molar-refractivity contribution >= 4 is 0 Å². The van der Waals surface area contributed by atoms with Crippen molar-refractivity contribution in [2.24, 2.45) is 0 Å². The minimum Gasteiger partial charge on any atom is -0.393 e. The summed E-state index contributed by atoms with van der Waals surface area (Å²) in [6.07, 6.45) is 5.62. The van der Waals surface area contributed by atoms with E-state index in [0.29, 0.717) is 6.04 Å². The third kappa shape index (κ3) is 4.81. The molecule has 96 valence electrons. The molecule has 0 amide bonds. The molecule has 0 aliphatic heterocycles. The van der Waals surface area contributed by atoms with Gasteiger partial charge < -0.3 is 14.9 Å². The molecule has 2 unspecified atom stereocenters. The highest BCUT2D eigenvalue weighted by Crippen LogP contribution is 2.23. The van der Waals surface area contributed by atoms with E-state index in [1.54, 1.807) is 0 Å². The van der Waals surface area contributed by atoms with Crippen LogP contribution in [-0.4, -0.2) is 60.8 Å². The zero-order valence-electron chi connectivity index (χ0n) is 11.2. The van der Waals surface area contributed by atoms with E-state index in [1.165, 1.54) is 25.8 Å². The number of hydrogen-bond donors (Lipinski definition) is 1. The highest BCUT2D eigenvalue weighted by atomic mass is 16.3. The quantitative estimate of drug-likeness (QED) is 0.747. The van der Waals surface area contributed by atoms with Gasteiger partial charge >= 0.3 is 0 Å². The van der Waals surface area contributed by atoms with Crippen LogP contribution in [-0.2, 0) is 0 Å². The van der Waals surface area contributed by atoms with E-state index in [1.807, 2.05) is 0 Å². The summed E-state index contributed by atoms with van der Waals surface area (Å²) in [6, 6.07) is 0.621. The van der Waals surface area contributed by atoms with Gasteiger partial charge in [-0.25, -0.2) is 0 Å². The number of nitrogens with zero attached hydrogens (tertiary/aromatic N) is 2. The zero-order valence-corrected chi connectivity index (χ0v) is 11.2. The van der Waals surface area contributed by atoms with Crippen LogP contribution in [0.2, 0.25) is 0 Å². The van der Waals surface area contributed by atoms with E-state index >= 15 is 0 Å². The predicted octanol–water partition coefficient (Wildman–Crippen LogP) is 1.56. The first-order valence-corrected chi connectivity index (χ1v) is 6.70. The zero-order chi connectivity index (χ0) is 12.0. The molecule has 0 aromatic carbocycles. The molecule has 1 aliphatic carbocycles. The molecule has 0 bridgehead atoms. The molecule has 1 saturated carbocycles. The fourth-order valence-electron chi connectivity index (χ4n) is 2.66. The molecular weight excluding hydrogens is 200 g/mol. The molecule has 1 N–H and O–H groups in total. The van der Waals surface area contributed by atoms with E-state index in [-0.39, 0.29) is 6.10 Å². The molecule has 0 radical (unpaired) electrons. The smallest absolute Gasteiger partial charge is 0.0555 e. The summed E-state index contributed by atoms with van der Waals surface area (Å²) in [4.78, 5) is 4.79. The van der Waals surface area contributed by atoms with Gasteiger partial charge in [0.2, 0.25) is 0 Å². The Kier molecular flexibility index (Phi) is 6.32. The minimum atomic E-state index is -0.0540. The van der Waals surface area contributed by atoms with Gasteiger partial charge in [0.15, 0.2) is 0 Å². The Morgan fingerprint density at radius 2 is 1.94 bits per heavy atom. The Morgan fingerprint density at radius 1 is 1.19 bits per heavy atom. The lowest BCUT2D eigenvalue weighted by atomic mass is 9.92. The SMILES string of the molecule is CCN(CCCN(C)C)C1CCCC(O)C1. The third-order valence-corrected chi connectivity index (χ3v) is 3.59. The lowest BCUT2D eigenvalue weighted by Gasteiger charge is -2.35. The maximum Gasteiger partial charge on any atom is 0.0555 e. The van der Waals surface area contributed by atoms with Crippen LogP contribution < -0.4 is 0 Å². The average Bonchev–Trinajstić information content (AvgIpc) is 2.24. The highest BCUT2D eigenvalue weighted by Gasteiger charge is 2.24. The maximum absolute atomic E-state index is 9.70. The molecule has 1 rings (SSSR count). The van der Waals surface area contributed by atoms with Crippen molar-refractivity contribution in [1.82, 2.24) is 9.80 Å². The van der Waals surface area contributed by atoms with E-state index in [0.717, 1.165) is 25.9 Å². The average molecular weight is 228 g/mol. The van der Waals surface area contributed by atoms with Gasteiger partial charge in [-0.05, 0) is 65.8 Å². The van der Waals surface area contributed by atoms with Crippen molar-refractivity contribution in [1.29, 1.82) is 0 Å². The van der Waals surface area contributed by atoms with E-state index < -0.39 is 0 Å². The minimum absolute atomic E-state index is 0.0540. The molecule has 0 spiro atoms. The van der Waals surface area contributed by atoms with Crippen LogP contribution in [0.5, 0.6) is 0 Å². The van der Waals surface area contributed by atoms with Crippen molar-refractivity contribution in [3.05, 3.63) is 0 Å². The standard InChI is InChI=1S/C13H28N2O/c1-4-15(10-6-9-14(2)3)12-7-5-8-13(16)11-12/h12-13,16H,4-11H2,1-3H3. The molecule has 0 aromatic heterocycles.